The van der Waals surface area contributed by atoms with Gasteiger partial charge < -0.3 is 14.4 Å². The highest BCUT2D eigenvalue weighted by Crippen LogP contribution is 2.64. The topological polar surface area (TPSA) is 86.3 Å². The van der Waals surface area contributed by atoms with E-state index in [1.54, 1.807) is 0 Å². The Bertz CT molecular complexity index is 1040. The molecule has 41 heavy (non-hydrogen) atoms. The summed E-state index contributed by atoms with van der Waals surface area (Å²) in [7, 11) is -7.41. The third-order valence-corrected chi connectivity index (χ3v) is 7.56. The molecule has 0 aliphatic rings. The molecule has 0 saturated heterocycles. The molecule has 0 amide bonds. The van der Waals surface area contributed by atoms with Crippen molar-refractivity contribution >= 4 is 16.0 Å². The predicted octanol–water partition coefficient (Wildman–Crippen LogP) is 3.87. The van der Waals surface area contributed by atoms with Crippen LogP contribution in [0.5, 0.6) is 0 Å². The normalized spacial score (nSPS) is 15.8. The third-order valence-electron chi connectivity index (χ3n) is 6.04. The minimum absolute atomic E-state index is 0.117. The summed E-state index contributed by atoms with van der Waals surface area (Å²) in [5, 5.41) is 2.97. The number of carbonyl (C=O) groups excluding carboxylic acids is 1. The second-order valence-corrected chi connectivity index (χ2v) is 10.2. The zero-order valence-electron chi connectivity index (χ0n) is 20.2. The van der Waals surface area contributed by atoms with E-state index in [-0.39, 0.29) is 13.1 Å². The van der Waals surface area contributed by atoms with Crippen molar-refractivity contribution < 1.29 is 97.4 Å². The van der Waals surface area contributed by atoms with Crippen molar-refractivity contribution in [3.63, 3.8) is 0 Å². The van der Waals surface area contributed by atoms with Crippen molar-refractivity contribution in [2.75, 3.05) is 32.7 Å². The number of carboxylic acids is 1. The number of quaternary nitrogens is 1. The standard InChI is InChI=1S/C17H19F17N2O4S/c1-3-36(4-2,7-5-9(37)38)8-6-35-41(39,40)17(33,34)15(28,29)13(24,25)11(20,21)10(18,19)12(22,23)14(26,27)16(30,31)32/h35H,3-8H2,1-2H3. The Hall–Kier alpha value is -1.85. The zero-order valence-corrected chi connectivity index (χ0v) is 21.0. The smallest absolute Gasteiger partial charge is 0.460 e. The molecule has 0 aromatic rings. The summed E-state index contributed by atoms with van der Waals surface area (Å²) in [5.41, 5.74) is 0. The largest absolute Gasteiger partial charge is 0.550 e. The van der Waals surface area contributed by atoms with Gasteiger partial charge in [0.1, 0.15) is 0 Å². The van der Waals surface area contributed by atoms with Crippen LogP contribution in [0.4, 0.5) is 74.6 Å². The summed E-state index contributed by atoms with van der Waals surface area (Å²) in [4.78, 5) is 10.6. The molecule has 0 aliphatic carbocycles. The fourth-order valence-electron chi connectivity index (χ4n) is 3.12. The Kier molecular flexibility index (Phi) is 10.8. The number of rotatable bonds is 16. The van der Waals surface area contributed by atoms with E-state index in [1.807, 2.05) is 0 Å². The average Bonchev–Trinajstić information content (AvgIpc) is 2.79. The van der Waals surface area contributed by atoms with Gasteiger partial charge in [0.2, 0.25) is 0 Å². The van der Waals surface area contributed by atoms with Gasteiger partial charge in [0.15, 0.2) is 0 Å². The fourth-order valence-corrected chi connectivity index (χ4v) is 4.13. The van der Waals surface area contributed by atoms with Crippen LogP contribution in [0.2, 0.25) is 0 Å². The fraction of sp³-hybridized carbons (Fsp3) is 0.941. The van der Waals surface area contributed by atoms with E-state index in [4.69, 9.17) is 0 Å². The molecular weight excluding hydrogens is 651 g/mol. The highest BCUT2D eigenvalue weighted by atomic mass is 32.2. The van der Waals surface area contributed by atoms with Crippen molar-refractivity contribution in [1.29, 1.82) is 0 Å². The van der Waals surface area contributed by atoms with Crippen LogP contribution in [-0.4, -0.2) is 98.6 Å². The SMILES string of the molecule is CC[N+](CC)(CCNS(=O)(=O)C(F)(F)C(F)(F)C(F)(F)C(F)(F)C(F)(F)C(F)(F)C(F)(F)C(F)(F)F)CCC(=O)[O-]. The first-order valence-electron chi connectivity index (χ1n) is 10.5. The van der Waals surface area contributed by atoms with Gasteiger partial charge in [-0.25, -0.2) is 13.1 Å². The van der Waals surface area contributed by atoms with E-state index in [1.165, 1.54) is 13.8 Å². The van der Waals surface area contributed by atoms with E-state index < -0.39 is 93.5 Å². The molecule has 0 rings (SSSR count). The second kappa shape index (κ2) is 11.3. The highest BCUT2D eigenvalue weighted by Gasteiger charge is 2.96. The van der Waals surface area contributed by atoms with E-state index in [9.17, 15) is 93.0 Å². The van der Waals surface area contributed by atoms with Crippen LogP contribution < -0.4 is 9.83 Å². The molecule has 0 aromatic carbocycles. The first-order chi connectivity index (χ1) is 17.7. The average molecular weight is 670 g/mol. The number of nitrogens with one attached hydrogen (secondary N) is 1. The lowest BCUT2D eigenvalue weighted by Crippen LogP contribution is -2.75. The monoisotopic (exact) mass is 670 g/mol. The molecule has 0 aromatic heterocycles. The second-order valence-electron chi connectivity index (χ2n) is 8.40. The Balaban J connectivity index is 6.54. The number of alkyl halides is 17. The Morgan fingerprint density at radius 3 is 1.29 bits per heavy atom. The van der Waals surface area contributed by atoms with Crippen LogP contribution in [-0.2, 0) is 14.8 Å². The maximum Gasteiger partial charge on any atom is 0.460 e. The van der Waals surface area contributed by atoms with E-state index in [0.29, 0.717) is 4.72 Å². The van der Waals surface area contributed by atoms with Crippen LogP contribution in [0.3, 0.4) is 0 Å². The molecule has 0 bridgehead atoms. The lowest BCUT2D eigenvalue weighted by molar-refractivity contribution is -0.923. The summed E-state index contributed by atoms with van der Waals surface area (Å²) >= 11 is 0. The summed E-state index contributed by atoms with van der Waals surface area (Å²) in [6, 6.07) is 0. The van der Waals surface area contributed by atoms with Gasteiger partial charge in [-0.05, 0) is 13.8 Å². The molecule has 0 heterocycles. The number of aliphatic carboxylic acids is 1. The van der Waals surface area contributed by atoms with Crippen molar-refractivity contribution in [1.82, 2.24) is 4.72 Å². The van der Waals surface area contributed by atoms with Gasteiger partial charge in [0.05, 0.1) is 32.7 Å². The maximum absolute atomic E-state index is 14.1. The Morgan fingerprint density at radius 2 is 0.976 bits per heavy atom. The maximum atomic E-state index is 14.1. The first kappa shape index (κ1) is 39.1. The number of nitrogens with zero attached hydrogens (tertiary/aromatic N) is 1. The van der Waals surface area contributed by atoms with Gasteiger partial charge in [-0.15, -0.1) is 0 Å². The lowest BCUT2D eigenvalue weighted by atomic mass is 9.91. The van der Waals surface area contributed by atoms with E-state index in [2.05, 4.69) is 0 Å². The number of sulfonamides is 1. The van der Waals surface area contributed by atoms with Gasteiger partial charge in [-0.2, -0.15) is 74.6 Å². The first-order valence-corrected chi connectivity index (χ1v) is 12.0. The van der Waals surface area contributed by atoms with E-state index in [0.717, 1.165) is 0 Å². The minimum Gasteiger partial charge on any atom is -0.550 e. The van der Waals surface area contributed by atoms with Crippen molar-refractivity contribution in [3.8, 4) is 0 Å². The van der Waals surface area contributed by atoms with Crippen LogP contribution in [0.25, 0.3) is 0 Å². The van der Waals surface area contributed by atoms with E-state index >= 15 is 0 Å². The van der Waals surface area contributed by atoms with Gasteiger partial charge in [0, 0.05) is 12.4 Å². The molecule has 0 spiro atoms. The van der Waals surface area contributed by atoms with Crippen molar-refractivity contribution in [2.45, 2.75) is 67.2 Å². The third kappa shape index (κ3) is 6.13. The number of carbonyl (C=O) groups is 1. The number of hydrogen-bond donors (Lipinski definition) is 1. The number of likely N-dealkylation sites (N-methyl/N-ethyl adjacent to an activating group) is 1. The lowest BCUT2D eigenvalue weighted by Gasteiger charge is -2.42. The van der Waals surface area contributed by atoms with Gasteiger partial charge in [-0.1, -0.05) is 0 Å². The molecule has 0 saturated carbocycles. The zero-order chi connectivity index (χ0) is 33.5. The van der Waals surface area contributed by atoms with Gasteiger partial charge >= 0.3 is 47.0 Å². The molecule has 246 valence electrons. The number of carboxylic acid groups (broad SMARTS) is 1. The molecule has 24 heteroatoms. The molecule has 0 aliphatic heterocycles. The van der Waals surface area contributed by atoms with Crippen LogP contribution in [0.15, 0.2) is 0 Å². The number of halogens is 17. The van der Waals surface area contributed by atoms with Gasteiger partial charge in [0.25, 0.3) is 10.0 Å². The summed E-state index contributed by atoms with van der Waals surface area (Å²) in [6.07, 6.45) is -8.65. The van der Waals surface area contributed by atoms with Crippen LogP contribution in [0.1, 0.15) is 20.3 Å². The Morgan fingerprint density at radius 1 is 0.634 bits per heavy atom. The Labute approximate surface area is 219 Å². The molecule has 0 radical (unpaired) electrons. The molecule has 0 fully saturated rings. The van der Waals surface area contributed by atoms with Gasteiger partial charge in [-0.3, -0.25) is 0 Å². The predicted molar refractivity (Wildman–Crippen MR) is 98.3 cm³/mol. The molecule has 6 nitrogen and oxygen atoms in total. The van der Waals surface area contributed by atoms with Crippen LogP contribution in [0, 0.1) is 0 Å². The molecule has 0 unspecified atom stereocenters. The molecular formula is C17H19F17N2O4S. The molecule has 1 N–H and O–H groups in total. The minimum atomic E-state index is -8.90. The van der Waals surface area contributed by atoms with Crippen molar-refractivity contribution in [2.24, 2.45) is 0 Å². The quantitative estimate of drug-likeness (QED) is 0.200. The highest BCUT2D eigenvalue weighted by molar-refractivity contribution is 7.90. The summed E-state index contributed by atoms with van der Waals surface area (Å²) < 4.78 is 250. The van der Waals surface area contributed by atoms with Crippen molar-refractivity contribution in [3.05, 3.63) is 0 Å². The summed E-state index contributed by atoms with van der Waals surface area (Å²) in [6.45, 7) is -0.280. The molecule has 0 atom stereocenters. The summed E-state index contributed by atoms with van der Waals surface area (Å²) in [5.74, 6) is -53.6. The van der Waals surface area contributed by atoms with Crippen LogP contribution >= 0.6 is 0 Å². The number of hydrogen-bond acceptors (Lipinski definition) is 4.